The van der Waals surface area contributed by atoms with Crippen LogP contribution in [0.4, 0.5) is 11.4 Å². The average Bonchev–Trinajstić information content (AvgIpc) is 2.79. The Bertz CT molecular complexity index is 839. The molecule has 7 nitrogen and oxygen atoms in total. The van der Waals surface area contributed by atoms with Gasteiger partial charge in [-0.15, -0.1) is 0 Å². The Hall–Kier alpha value is -2.10. The lowest BCUT2D eigenvalue weighted by atomic mass is 9.88. The van der Waals surface area contributed by atoms with Crippen LogP contribution in [0, 0.1) is 5.21 Å². The van der Waals surface area contributed by atoms with E-state index in [1.165, 1.54) is 24.3 Å². The van der Waals surface area contributed by atoms with E-state index in [4.69, 9.17) is 5.21 Å². The number of amides is 1. The number of halogens is 1. The third-order valence-electron chi connectivity index (χ3n) is 3.90. The van der Waals surface area contributed by atoms with Crippen LogP contribution in [0.5, 0.6) is 0 Å². The summed E-state index contributed by atoms with van der Waals surface area (Å²) < 4.78 is 0.663. The Morgan fingerprint density at radius 1 is 1.29 bits per heavy atom. The van der Waals surface area contributed by atoms with Crippen molar-refractivity contribution in [2.75, 3.05) is 5.32 Å². The number of aliphatic hydroxyl groups is 1. The predicted octanol–water partition coefficient (Wildman–Crippen LogP) is 1.27. The van der Waals surface area contributed by atoms with Gasteiger partial charge in [-0.05, 0) is 18.2 Å². The maximum atomic E-state index is 12.5. The summed E-state index contributed by atoms with van der Waals surface area (Å²) in [5, 5.41) is 32.2. The number of anilines is 1. The number of fused-ring (bicyclic) bond motifs is 1. The van der Waals surface area contributed by atoms with Crippen molar-refractivity contribution in [1.82, 2.24) is 0 Å². The fourth-order valence-electron chi connectivity index (χ4n) is 2.65. The number of rotatable bonds is 4. The van der Waals surface area contributed by atoms with Crippen molar-refractivity contribution in [2.45, 2.75) is 12.0 Å². The minimum Gasteiger partial charge on any atom is -0.595 e. The fourth-order valence-corrected chi connectivity index (χ4v) is 3.01. The lowest BCUT2D eigenvalue weighted by Gasteiger charge is -2.20. The average molecular weight is 393 g/mol. The normalized spacial score (nSPS) is 20.4. The van der Waals surface area contributed by atoms with Gasteiger partial charge >= 0.3 is 0 Å². The Balaban J connectivity index is 1.93. The summed E-state index contributed by atoms with van der Waals surface area (Å²) in [4.78, 5) is 24.7. The number of Topliss-reactive ketones (excluding diaryl/α,β-unsaturated/α-hetero) is 1. The van der Waals surface area contributed by atoms with Gasteiger partial charge in [-0.2, -0.15) is 5.23 Å². The van der Waals surface area contributed by atoms with Crippen molar-refractivity contribution in [3.63, 3.8) is 0 Å². The maximum Gasteiger partial charge on any atom is 0.261 e. The molecule has 2 aromatic carbocycles. The number of hydrogen-bond donors (Lipinski definition) is 4. The van der Waals surface area contributed by atoms with E-state index in [1.807, 2.05) is 0 Å². The van der Waals surface area contributed by atoms with Crippen molar-refractivity contribution in [3.8, 4) is 0 Å². The molecule has 0 saturated heterocycles. The zero-order valence-electron chi connectivity index (χ0n) is 12.2. The summed E-state index contributed by atoms with van der Waals surface area (Å²) in [5.74, 6) is -1.21. The molecule has 2 atom stereocenters. The molecule has 1 aliphatic heterocycles. The topological polar surface area (TPSA) is 114 Å². The number of ketones is 1. The number of quaternary nitrogens is 1. The largest absolute Gasteiger partial charge is 0.595 e. The Kier molecular flexibility index (Phi) is 4.24. The molecule has 124 valence electrons. The van der Waals surface area contributed by atoms with E-state index < -0.39 is 28.9 Å². The van der Waals surface area contributed by atoms with Crippen LogP contribution in [-0.4, -0.2) is 22.0 Å². The molecular formula is C16H13BrN2O5. The highest BCUT2D eigenvalue weighted by Crippen LogP contribution is 2.40. The molecule has 4 N–H and O–H groups in total. The molecule has 0 bridgehead atoms. The molecule has 0 radical (unpaired) electrons. The highest BCUT2D eigenvalue weighted by atomic mass is 79.9. The van der Waals surface area contributed by atoms with E-state index in [2.05, 4.69) is 21.2 Å². The summed E-state index contributed by atoms with van der Waals surface area (Å²) >= 11 is 3.27. The van der Waals surface area contributed by atoms with E-state index >= 15 is 0 Å². The first kappa shape index (κ1) is 16.7. The molecule has 0 aromatic heterocycles. The molecule has 1 aliphatic rings. The number of benzene rings is 2. The van der Waals surface area contributed by atoms with E-state index in [1.54, 1.807) is 18.2 Å². The molecule has 2 unspecified atom stereocenters. The Labute approximate surface area is 145 Å². The van der Waals surface area contributed by atoms with E-state index in [9.17, 15) is 19.9 Å². The summed E-state index contributed by atoms with van der Waals surface area (Å²) in [6, 6.07) is 10.4. The molecule has 0 saturated carbocycles. The van der Waals surface area contributed by atoms with Gasteiger partial charge in [0.25, 0.3) is 5.91 Å². The van der Waals surface area contributed by atoms with Gasteiger partial charge in [-0.1, -0.05) is 28.1 Å². The van der Waals surface area contributed by atoms with Crippen LogP contribution in [0.15, 0.2) is 46.9 Å². The van der Waals surface area contributed by atoms with Crippen LogP contribution in [0.25, 0.3) is 0 Å². The summed E-state index contributed by atoms with van der Waals surface area (Å²) in [6.45, 7) is 0. The molecule has 3 rings (SSSR count). The number of nitrogens with one attached hydrogen (secondary N) is 2. The predicted molar refractivity (Wildman–Crippen MR) is 87.8 cm³/mol. The molecule has 0 spiro atoms. The maximum absolute atomic E-state index is 12.5. The van der Waals surface area contributed by atoms with E-state index in [0.29, 0.717) is 15.7 Å². The van der Waals surface area contributed by atoms with Crippen LogP contribution in [0.2, 0.25) is 0 Å². The fraction of sp³-hybridized carbons (Fsp3) is 0.125. The summed E-state index contributed by atoms with van der Waals surface area (Å²) in [6.07, 6.45) is -0.481. The SMILES string of the molecule is O=C(CC1(O)C(=O)Nc2ccc(Br)cc21)c1cccc([NH+]([O-])O)c1. The standard InChI is InChI=1S/C16H13BrN2O5/c17-10-4-5-13-12(7-10)16(22,15(21)18-13)8-14(20)9-2-1-3-11(6-9)19(23)24/h1-7,19,22-23H,8H2,(H,18,21). The van der Waals surface area contributed by atoms with Gasteiger partial charge in [0.1, 0.15) is 0 Å². The van der Waals surface area contributed by atoms with Crippen LogP contribution < -0.4 is 10.5 Å². The van der Waals surface area contributed by atoms with Crippen molar-refractivity contribution >= 4 is 39.0 Å². The molecule has 24 heavy (non-hydrogen) atoms. The first-order valence-electron chi connectivity index (χ1n) is 7.02. The molecule has 8 heteroatoms. The van der Waals surface area contributed by atoms with Crippen molar-refractivity contribution in [1.29, 1.82) is 0 Å². The lowest BCUT2D eigenvalue weighted by molar-refractivity contribution is -0.991. The van der Waals surface area contributed by atoms with Gasteiger partial charge < -0.3 is 15.6 Å². The first-order chi connectivity index (χ1) is 11.3. The van der Waals surface area contributed by atoms with Crippen LogP contribution in [-0.2, 0) is 10.4 Å². The first-order valence-corrected chi connectivity index (χ1v) is 7.81. The van der Waals surface area contributed by atoms with Crippen molar-refractivity contribution in [2.24, 2.45) is 0 Å². The molecule has 2 aromatic rings. The summed E-state index contributed by atoms with van der Waals surface area (Å²) in [7, 11) is 0. The number of carbonyl (C=O) groups excluding carboxylic acids is 2. The highest BCUT2D eigenvalue weighted by molar-refractivity contribution is 9.10. The third kappa shape index (κ3) is 2.85. The van der Waals surface area contributed by atoms with Gasteiger partial charge in [0.2, 0.25) is 0 Å². The number of carbonyl (C=O) groups is 2. The lowest BCUT2D eigenvalue weighted by Crippen LogP contribution is -2.99. The zero-order chi connectivity index (χ0) is 17.5. The van der Waals surface area contributed by atoms with Gasteiger partial charge in [0, 0.05) is 33.4 Å². The van der Waals surface area contributed by atoms with Gasteiger partial charge in [-0.25, -0.2) is 5.21 Å². The monoisotopic (exact) mass is 392 g/mol. The second-order valence-electron chi connectivity index (χ2n) is 5.49. The number of hydrogen-bond acceptors (Lipinski definition) is 5. The van der Waals surface area contributed by atoms with Crippen LogP contribution in [0.3, 0.4) is 0 Å². The molecule has 1 heterocycles. The third-order valence-corrected chi connectivity index (χ3v) is 4.39. The summed E-state index contributed by atoms with van der Waals surface area (Å²) in [5.41, 5.74) is -1.15. The second kappa shape index (κ2) is 6.08. The van der Waals surface area contributed by atoms with Crippen molar-refractivity contribution < 1.29 is 25.1 Å². The van der Waals surface area contributed by atoms with Gasteiger partial charge in [0.05, 0.1) is 6.42 Å². The molecular weight excluding hydrogens is 380 g/mol. The van der Waals surface area contributed by atoms with E-state index in [-0.39, 0.29) is 11.3 Å². The Morgan fingerprint density at radius 2 is 2.04 bits per heavy atom. The zero-order valence-corrected chi connectivity index (χ0v) is 13.8. The van der Waals surface area contributed by atoms with Gasteiger partial charge in [-0.3, -0.25) is 9.59 Å². The van der Waals surface area contributed by atoms with Crippen molar-refractivity contribution in [3.05, 3.63) is 63.3 Å². The van der Waals surface area contributed by atoms with Crippen LogP contribution >= 0.6 is 15.9 Å². The quantitative estimate of drug-likeness (QED) is 0.462. The minimum atomic E-state index is -1.99. The smallest absolute Gasteiger partial charge is 0.261 e. The molecule has 0 aliphatic carbocycles. The van der Waals surface area contributed by atoms with Gasteiger partial charge in [0.15, 0.2) is 17.1 Å². The minimum absolute atomic E-state index is 0.0353. The highest BCUT2D eigenvalue weighted by Gasteiger charge is 2.46. The molecule has 1 amide bonds. The van der Waals surface area contributed by atoms with Crippen LogP contribution in [0.1, 0.15) is 22.3 Å². The molecule has 0 fully saturated rings. The van der Waals surface area contributed by atoms with E-state index in [0.717, 1.165) is 0 Å². The second-order valence-corrected chi connectivity index (χ2v) is 6.41. The Morgan fingerprint density at radius 3 is 2.75 bits per heavy atom.